The lowest BCUT2D eigenvalue weighted by molar-refractivity contribution is 0.337. The highest BCUT2D eigenvalue weighted by Gasteiger charge is 2.40. The van der Waals surface area contributed by atoms with Crippen molar-refractivity contribution in [3.05, 3.63) is 0 Å². The highest BCUT2D eigenvalue weighted by Crippen LogP contribution is 2.40. The van der Waals surface area contributed by atoms with Gasteiger partial charge in [0.05, 0.1) is 5.25 Å². The van der Waals surface area contributed by atoms with Gasteiger partial charge < -0.3 is 16.0 Å². The number of aromatic nitrogens is 1. The lowest BCUT2D eigenvalue weighted by atomic mass is 10.5. The summed E-state index contributed by atoms with van der Waals surface area (Å²) in [4.78, 5) is 2.52. The number of nitrogens with one attached hydrogen (secondary N) is 1. The molecule has 2 saturated carbocycles. The van der Waals surface area contributed by atoms with Gasteiger partial charge in [-0.1, -0.05) is 0 Å². The van der Waals surface area contributed by atoms with Gasteiger partial charge in [-0.15, -0.1) is 0 Å². The van der Waals surface area contributed by atoms with Crippen molar-refractivity contribution in [2.24, 2.45) is 0 Å². The van der Waals surface area contributed by atoms with E-state index < -0.39 is 9.84 Å². The van der Waals surface area contributed by atoms with E-state index in [0.29, 0.717) is 17.6 Å². The Morgan fingerprint density at radius 1 is 1.40 bits per heavy atom. The maximum Gasteiger partial charge on any atom is 0.187 e. The van der Waals surface area contributed by atoms with E-state index in [2.05, 4.69) is 21.6 Å². The van der Waals surface area contributed by atoms with Crippen LogP contribution in [0.1, 0.15) is 25.7 Å². The van der Waals surface area contributed by atoms with Crippen LogP contribution in [0.2, 0.25) is 0 Å². The first-order valence-electron chi connectivity index (χ1n) is 6.93. The van der Waals surface area contributed by atoms with E-state index in [9.17, 15) is 8.42 Å². The topological polar surface area (TPSA) is 88.3 Å². The van der Waals surface area contributed by atoms with Crippen molar-refractivity contribution in [2.45, 2.75) is 41.9 Å². The van der Waals surface area contributed by atoms with Crippen LogP contribution in [0.5, 0.6) is 0 Å². The fourth-order valence-electron chi connectivity index (χ4n) is 2.27. The molecule has 0 radical (unpaired) electrons. The SMILES string of the molecule is CN(CCNc1snc(N)c1S(=O)(=O)C1CC1)C1CC1. The normalized spacial score (nSPS) is 19.5. The van der Waals surface area contributed by atoms with Crippen LogP contribution in [0.25, 0.3) is 0 Å². The number of anilines is 2. The molecule has 6 nitrogen and oxygen atoms in total. The Morgan fingerprint density at radius 2 is 2.10 bits per heavy atom. The molecule has 0 bridgehead atoms. The van der Waals surface area contributed by atoms with Crippen molar-refractivity contribution in [1.29, 1.82) is 0 Å². The Balaban J connectivity index is 1.67. The minimum atomic E-state index is -3.29. The quantitative estimate of drug-likeness (QED) is 0.785. The van der Waals surface area contributed by atoms with Gasteiger partial charge in [0.1, 0.15) is 9.90 Å². The fraction of sp³-hybridized carbons (Fsp3) is 0.750. The van der Waals surface area contributed by atoms with Crippen molar-refractivity contribution in [3.63, 3.8) is 0 Å². The second-order valence-electron chi connectivity index (χ2n) is 5.61. The van der Waals surface area contributed by atoms with Crippen LogP contribution in [0, 0.1) is 0 Å². The van der Waals surface area contributed by atoms with E-state index in [-0.39, 0.29) is 16.0 Å². The lowest BCUT2D eigenvalue weighted by Crippen LogP contribution is -2.27. The van der Waals surface area contributed by atoms with Gasteiger partial charge in [-0.2, -0.15) is 4.37 Å². The van der Waals surface area contributed by atoms with Crippen molar-refractivity contribution in [2.75, 3.05) is 31.2 Å². The van der Waals surface area contributed by atoms with E-state index in [0.717, 1.165) is 30.9 Å². The Hall–Kier alpha value is -0.860. The molecular weight excluding hydrogens is 296 g/mol. The van der Waals surface area contributed by atoms with Gasteiger partial charge in [0.25, 0.3) is 0 Å². The van der Waals surface area contributed by atoms with E-state index >= 15 is 0 Å². The van der Waals surface area contributed by atoms with Gasteiger partial charge in [-0.25, -0.2) is 8.42 Å². The van der Waals surface area contributed by atoms with Crippen LogP contribution >= 0.6 is 11.5 Å². The number of hydrogen-bond acceptors (Lipinski definition) is 7. The number of sulfone groups is 1. The van der Waals surface area contributed by atoms with Crippen LogP contribution in [-0.4, -0.2) is 49.1 Å². The predicted molar refractivity (Wildman–Crippen MR) is 80.9 cm³/mol. The number of nitrogens with zero attached hydrogens (tertiary/aromatic N) is 2. The third-order valence-electron chi connectivity index (χ3n) is 3.84. The smallest absolute Gasteiger partial charge is 0.187 e. The van der Waals surface area contributed by atoms with Crippen molar-refractivity contribution < 1.29 is 8.42 Å². The zero-order chi connectivity index (χ0) is 14.3. The summed E-state index contributed by atoms with van der Waals surface area (Å²) < 4.78 is 28.7. The molecule has 1 aromatic heterocycles. The summed E-state index contributed by atoms with van der Waals surface area (Å²) >= 11 is 1.14. The summed E-state index contributed by atoms with van der Waals surface area (Å²) in [7, 11) is -1.19. The summed E-state index contributed by atoms with van der Waals surface area (Å²) in [6.07, 6.45) is 4.01. The molecule has 1 aromatic rings. The molecule has 0 unspecified atom stereocenters. The minimum Gasteiger partial charge on any atom is -0.382 e. The second-order valence-corrected chi connectivity index (χ2v) is 8.55. The average molecular weight is 316 g/mol. The van der Waals surface area contributed by atoms with Crippen molar-refractivity contribution >= 4 is 32.2 Å². The first-order chi connectivity index (χ1) is 9.50. The van der Waals surface area contributed by atoms with Crippen LogP contribution < -0.4 is 11.1 Å². The largest absolute Gasteiger partial charge is 0.382 e. The Bertz CT molecular complexity index is 591. The van der Waals surface area contributed by atoms with Crippen LogP contribution in [0.4, 0.5) is 10.8 Å². The minimum absolute atomic E-state index is 0.139. The van der Waals surface area contributed by atoms with Crippen molar-refractivity contribution in [3.8, 4) is 0 Å². The number of likely N-dealkylation sites (N-methyl/N-ethyl adjacent to an activating group) is 1. The molecule has 8 heteroatoms. The molecule has 3 N–H and O–H groups in total. The Labute approximate surface area is 123 Å². The molecule has 2 fully saturated rings. The summed E-state index contributed by atoms with van der Waals surface area (Å²) in [5.41, 5.74) is 5.75. The molecule has 2 aliphatic rings. The average Bonchev–Trinajstić information content (AvgIpc) is 3.27. The highest BCUT2D eigenvalue weighted by molar-refractivity contribution is 7.92. The molecule has 0 atom stereocenters. The third-order valence-corrected chi connectivity index (χ3v) is 7.12. The first kappa shape index (κ1) is 14.1. The van der Waals surface area contributed by atoms with Crippen molar-refractivity contribution in [1.82, 2.24) is 9.27 Å². The molecule has 0 amide bonds. The van der Waals surface area contributed by atoms with E-state index in [1.165, 1.54) is 12.8 Å². The van der Waals surface area contributed by atoms with Gasteiger partial charge in [0.2, 0.25) is 0 Å². The zero-order valence-electron chi connectivity index (χ0n) is 11.5. The molecule has 0 aromatic carbocycles. The van der Waals surface area contributed by atoms with Gasteiger partial charge in [-0.05, 0) is 44.3 Å². The lowest BCUT2D eigenvalue weighted by Gasteiger charge is -2.16. The van der Waals surface area contributed by atoms with Crippen LogP contribution in [0.3, 0.4) is 0 Å². The molecule has 20 heavy (non-hydrogen) atoms. The molecule has 0 aliphatic heterocycles. The Kier molecular flexibility index (Phi) is 3.64. The molecule has 2 aliphatic carbocycles. The number of nitrogen functional groups attached to an aromatic ring is 1. The van der Waals surface area contributed by atoms with Gasteiger partial charge in [0, 0.05) is 19.1 Å². The molecule has 0 spiro atoms. The maximum atomic E-state index is 12.3. The van der Waals surface area contributed by atoms with Gasteiger partial charge in [-0.3, -0.25) is 0 Å². The van der Waals surface area contributed by atoms with Gasteiger partial charge >= 0.3 is 0 Å². The molecule has 0 saturated heterocycles. The second kappa shape index (κ2) is 5.16. The first-order valence-corrected chi connectivity index (χ1v) is 9.25. The monoisotopic (exact) mass is 316 g/mol. The fourth-order valence-corrected chi connectivity index (χ4v) is 5.18. The van der Waals surface area contributed by atoms with Gasteiger partial charge in [0.15, 0.2) is 15.7 Å². The van der Waals surface area contributed by atoms with E-state index in [1.807, 2.05) is 0 Å². The van der Waals surface area contributed by atoms with E-state index in [1.54, 1.807) is 0 Å². The predicted octanol–water partition coefficient (Wildman–Crippen LogP) is 1.17. The van der Waals surface area contributed by atoms with Crippen LogP contribution in [-0.2, 0) is 9.84 Å². The summed E-state index contributed by atoms with van der Waals surface area (Å²) in [6.45, 7) is 1.60. The maximum absolute atomic E-state index is 12.3. The number of nitrogens with two attached hydrogens (primary N) is 1. The molecule has 3 rings (SSSR count). The van der Waals surface area contributed by atoms with Crippen LogP contribution in [0.15, 0.2) is 4.90 Å². The summed E-state index contributed by atoms with van der Waals surface area (Å²) in [6, 6.07) is 0.706. The number of hydrogen-bond donors (Lipinski definition) is 2. The standard InChI is InChI=1S/C12H20N4O2S2/c1-16(8-2-3-8)7-6-14-12-10(11(13)15-19-12)20(17,18)9-4-5-9/h8-9,14H,2-7H2,1H3,(H2,13,15). The molecule has 112 valence electrons. The summed E-state index contributed by atoms with van der Waals surface area (Å²) in [5, 5.41) is 3.53. The highest BCUT2D eigenvalue weighted by atomic mass is 32.2. The Morgan fingerprint density at radius 3 is 2.70 bits per heavy atom. The summed E-state index contributed by atoms with van der Waals surface area (Å²) in [5.74, 6) is 0.139. The zero-order valence-corrected chi connectivity index (χ0v) is 13.1. The number of rotatable bonds is 7. The third kappa shape index (κ3) is 2.77. The van der Waals surface area contributed by atoms with E-state index in [4.69, 9.17) is 5.73 Å². The molecular formula is C12H20N4O2S2. The molecule has 1 heterocycles.